The molecule has 12 nitrogen and oxygen atoms in total. The Morgan fingerprint density at radius 3 is 2.56 bits per heavy atom. The normalized spacial score (nSPS) is 17.1. The minimum absolute atomic E-state index is 0.0881. The number of halogens is 1. The van der Waals surface area contributed by atoms with Crippen LogP contribution in [0.1, 0.15) is 42.0 Å². The topological polar surface area (TPSA) is 145 Å². The van der Waals surface area contributed by atoms with Crippen LogP contribution in [-0.4, -0.2) is 49.9 Å². The number of carbonyl (C=O) groups excluding carboxylic acids is 1. The molecule has 1 amide bonds. The second kappa shape index (κ2) is 12.5. The molecular weight excluding hydrogens is 632 g/mol. The number of nitrogens with zero attached hydrogens (tertiary/aromatic N) is 5. The molecule has 48 heavy (non-hydrogen) atoms. The number of fused-ring (bicyclic) bond motifs is 2. The third-order valence-electron chi connectivity index (χ3n) is 9.49. The monoisotopic (exact) mass is 666 g/mol. The van der Waals surface area contributed by atoms with Gasteiger partial charge in [0.1, 0.15) is 5.39 Å². The molecule has 0 bridgehead atoms. The number of rotatable bonds is 8. The highest BCUT2D eigenvalue weighted by atomic mass is 35.5. The van der Waals surface area contributed by atoms with Crippen molar-refractivity contribution < 1.29 is 9.53 Å². The number of pyridine rings is 1. The number of anilines is 2. The molecule has 4 heterocycles. The Kier molecular flexibility index (Phi) is 8.22. The molecule has 0 radical (unpaired) electrons. The lowest BCUT2D eigenvalue weighted by atomic mass is 9.96. The number of amides is 1. The van der Waals surface area contributed by atoms with Gasteiger partial charge in [0.25, 0.3) is 5.56 Å². The molecule has 7 rings (SSSR count). The van der Waals surface area contributed by atoms with Crippen molar-refractivity contribution >= 4 is 39.9 Å². The van der Waals surface area contributed by atoms with E-state index in [4.69, 9.17) is 21.3 Å². The third kappa shape index (κ3) is 5.40. The Hall–Kier alpha value is -5.07. The Morgan fingerprint density at radius 2 is 1.79 bits per heavy atom. The fourth-order valence-corrected chi connectivity index (χ4v) is 7.18. The van der Waals surface area contributed by atoms with Gasteiger partial charge in [0.15, 0.2) is 5.82 Å². The Balaban J connectivity index is 1.22. The quantitative estimate of drug-likeness (QED) is 0.220. The molecule has 1 fully saturated rings. The first-order chi connectivity index (χ1) is 23.2. The summed E-state index contributed by atoms with van der Waals surface area (Å²) in [4.78, 5) is 42.2. The lowest BCUT2D eigenvalue weighted by Crippen LogP contribution is -2.37. The molecule has 1 aliphatic heterocycles. The number of aromatic nitrogens is 5. The zero-order chi connectivity index (χ0) is 33.7. The Labute approximate surface area is 281 Å². The van der Waals surface area contributed by atoms with Crippen LogP contribution in [0.3, 0.4) is 0 Å². The number of carbonyl (C=O) groups is 1. The number of ether oxygens (including phenoxy) is 1. The highest BCUT2D eigenvalue weighted by Gasteiger charge is 2.30. The summed E-state index contributed by atoms with van der Waals surface area (Å²) in [6, 6.07) is 14.0. The number of hydrogen-bond donors (Lipinski definition) is 3. The number of nitrogens with one attached hydrogen (secondary N) is 3. The molecular formula is C35H35ClN8O4. The van der Waals surface area contributed by atoms with Crippen LogP contribution in [0.5, 0.6) is 5.88 Å². The molecule has 0 unspecified atom stereocenters. The zero-order valence-electron chi connectivity index (χ0n) is 27.1. The van der Waals surface area contributed by atoms with Gasteiger partial charge < -0.3 is 20.7 Å². The van der Waals surface area contributed by atoms with Gasteiger partial charge in [-0.25, -0.2) is 9.78 Å². The van der Waals surface area contributed by atoms with Gasteiger partial charge in [-0.05, 0) is 55.0 Å². The van der Waals surface area contributed by atoms with Crippen molar-refractivity contribution in [2.45, 2.75) is 44.7 Å². The molecule has 2 aliphatic rings. The van der Waals surface area contributed by atoms with Gasteiger partial charge in [-0.3, -0.25) is 18.7 Å². The van der Waals surface area contributed by atoms with Crippen LogP contribution in [0, 0.1) is 6.92 Å². The minimum atomic E-state index is -0.461. The number of benzene rings is 2. The van der Waals surface area contributed by atoms with Crippen molar-refractivity contribution in [2.24, 2.45) is 14.1 Å². The van der Waals surface area contributed by atoms with Crippen LogP contribution in [0.15, 0.2) is 58.3 Å². The van der Waals surface area contributed by atoms with E-state index >= 15 is 0 Å². The number of aryl methyl sites for hydroxylation is 2. The van der Waals surface area contributed by atoms with E-state index in [1.807, 2.05) is 43.3 Å². The van der Waals surface area contributed by atoms with Crippen LogP contribution in [0.25, 0.3) is 33.3 Å². The first-order valence-corrected chi connectivity index (χ1v) is 16.2. The average Bonchev–Trinajstić information content (AvgIpc) is 3.71. The second-order valence-electron chi connectivity index (χ2n) is 12.3. The van der Waals surface area contributed by atoms with Crippen molar-refractivity contribution in [3.05, 3.63) is 91.2 Å². The summed E-state index contributed by atoms with van der Waals surface area (Å²) in [6.45, 7) is 2.67. The molecule has 13 heteroatoms. The maximum absolute atomic E-state index is 13.1. The average molecular weight is 667 g/mol. The van der Waals surface area contributed by atoms with E-state index in [1.54, 1.807) is 14.2 Å². The van der Waals surface area contributed by atoms with E-state index < -0.39 is 11.2 Å². The minimum Gasteiger partial charge on any atom is -0.481 e. The van der Waals surface area contributed by atoms with E-state index in [0.717, 1.165) is 62.9 Å². The van der Waals surface area contributed by atoms with Crippen LogP contribution >= 0.6 is 11.6 Å². The smallest absolute Gasteiger partial charge is 0.330 e. The standard InChI is InChI=1S/C35H35ClN8O4/c1-18-21(7-6-10-24(18)40-32-30-27(17-38-42-32)43(2)35(47)44(3)34(30)46)22-8-5-9-23(31(22)36)26-15-19-11-13-25(29(19)33(41-26)48-4)37-16-20-12-14-28(45)39-20/h5-10,15,17,20,25,37H,11-14,16H2,1-4H3,(H,39,45)(H,40,42)/t20-,25-/m0/s1. The van der Waals surface area contributed by atoms with Crippen LogP contribution < -0.4 is 31.9 Å². The molecule has 5 aromatic rings. The molecule has 1 aliphatic carbocycles. The first-order valence-electron chi connectivity index (χ1n) is 15.8. The van der Waals surface area contributed by atoms with E-state index in [1.165, 1.54) is 17.8 Å². The largest absolute Gasteiger partial charge is 0.481 e. The maximum atomic E-state index is 13.1. The van der Waals surface area contributed by atoms with Crippen molar-refractivity contribution in [3.8, 4) is 28.3 Å². The summed E-state index contributed by atoms with van der Waals surface area (Å²) in [5, 5.41) is 19.0. The summed E-state index contributed by atoms with van der Waals surface area (Å²) in [6.07, 6.45) is 4.60. The lowest BCUT2D eigenvalue weighted by molar-refractivity contribution is -0.119. The van der Waals surface area contributed by atoms with Crippen molar-refractivity contribution in [1.29, 1.82) is 0 Å². The van der Waals surface area contributed by atoms with Gasteiger partial charge in [-0.2, -0.15) is 5.10 Å². The Morgan fingerprint density at radius 1 is 1.02 bits per heavy atom. The van der Waals surface area contributed by atoms with E-state index in [9.17, 15) is 14.4 Å². The predicted octanol–water partition coefficient (Wildman–Crippen LogP) is 4.33. The molecule has 0 saturated carbocycles. The Bertz CT molecular complexity index is 2230. The number of methoxy groups -OCH3 is 1. The molecule has 246 valence electrons. The molecule has 3 N–H and O–H groups in total. The molecule has 2 atom stereocenters. The fraction of sp³-hybridized carbons (Fsp3) is 0.314. The maximum Gasteiger partial charge on any atom is 0.330 e. The highest BCUT2D eigenvalue weighted by molar-refractivity contribution is 6.36. The summed E-state index contributed by atoms with van der Waals surface area (Å²) in [5.41, 5.74) is 6.48. The van der Waals surface area contributed by atoms with Gasteiger partial charge in [0.05, 0.1) is 29.5 Å². The van der Waals surface area contributed by atoms with Crippen LogP contribution in [-0.2, 0) is 25.3 Å². The van der Waals surface area contributed by atoms with Gasteiger partial charge in [0.2, 0.25) is 11.8 Å². The second-order valence-corrected chi connectivity index (χ2v) is 12.7. The van der Waals surface area contributed by atoms with Gasteiger partial charge in [-0.1, -0.05) is 41.9 Å². The van der Waals surface area contributed by atoms with Gasteiger partial charge in [0, 0.05) is 61.5 Å². The first kappa shape index (κ1) is 31.5. The van der Waals surface area contributed by atoms with E-state index in [0.29, 0.717) is 35.1 Å². The van der Waals surface area contributed by atoms with Gasteiger partial charge in [-0.15, -0.1) is 5.10 Å². The van der Waals surface area contributed by atoms with Gasteiger partial charge >= 0.3 is 5.69 Å². The summed E-state index contributed by atoms with van der Waals surface area (Å²) in [7, 11) is 4.67. The molecule has 2 aromatic carbocycles. The summed E-state index contributed by atoms with van der Waals surface area (Å²) >= 11 is 7.17. The molecule has 3 aromatic heterocycles. The summed E-state index contributed by atoms with van der Waals surface area (Å²) in [5.74, 6) is 0.922. The van der Waals surface area contributed by atoms with E-state index in [-0.39, 0.29) is 29.2 Å². The number of hydrogen-bond acceptors (Lipinski definition) is 9. The van der Waals surface area contributed by atoms with Crippen molar-refractivity contribution in [1.82, 2.24) is 34.9 Å². The fourth-order valence-electron chi connectivity index (χ4n) is 6.86. The van der Waals surface area contributed by atoms with E-state index in [2.05, 4.69) is 32.2 Å². The zero-order valence-corrected chi connectivity index (χ0v) is 27.8. The van der Waals surface area contributed by atoms with Crippen LogP contribution in [0.2, 0.25) is 5.02 Å². The molecule has 1 saturated heterocycles. The van der Waals surface area contributed by atoms with Crippen molar-refractivity contribution in [3.63, 3.8) is 0 Å². The summed E-state index contributed by atoms with van der Waals surface area (Å²) < 4.78 is 8.25. The lowest BCUT2D eigenvalue weighted by Gasteiger charge is -2.20. The SMILES string of the molecule is COc1nc(-c2cccc(-c3cccc(Nc4nncc5c4c(=O)n(C)c(=O)n5C)c3C)c2Cl)cc2c1[C@@H](NC[C@@H]1CCC(=O)N1)CC2. The predicted molar refractivity (Wildman–Crippen MR) is 185 cm³/mol. The van der Waals surface area contributed by atoms with Crippen molar-refractivity contribution in [2.75, 3.05) is 19.0 Å². The van der Waals surface area contributed by atoms with Crippen LogP contribution in [0.4, 0.5) is 11.5 Å². The molecule has 0 spiro atoms. The third-order valence-corrected chi connectivity index (χ3v) is 9.89. The highest BCUT2D eigenvalue weighted by Crippen LogP contribution is 2.43.